The normalized spacial score (nSPS) is 11.9. The number of rotatable bonds is 9. The molecule has 3 aromatic rings. The highest BCUT2D eigenvalue weighted by atomic mass is 32.1. The lowest BCUT2D eigenvalue weighted by Crippen LogP contribution is -2.12. The molecule has 0 saturated carbocycles. The topological polar surface area (TPSA) is 90.0 Å². The molecule has 0 aliphatic rings. The Balaban J connectivity index is 1.46. The van der Waals surface area contributed by atoms with Gasteiger partial charge in [0.05, 0.1) is 10.7 Å². The number of aromatic nitrogens is 1. The number of benzene rings is 2. The van der Waals surface area contributed by atoms with E-state index in [1.807, 2.05) is 31.2 Å². The Morgan fingerprint density at radius 2 is 1.58 bits per heavy atom. The number of ether oxygens (including phenoxy) is 2. The highest BCUT2D eigenvalue weighted by Gasteiger charge is 2.14. The summed E-state index contributed by atoms with van der Waals surface area (Å²) in [7, 11) is 0. The molecular formula is C24H27N3O3S. The largest absolute Gasteiger partial charge is 0.490 e. The summed E-state index contributed by atoms with van der Waals surface area (Å²) in [5.74, 6) is 2.04. The Morgan fingerprint density at radius 1 is 1.03 bits per heavy atom. The Hall–Kier alpha value is -3.32. The van der Waals surface area contributed by atoms with Crippen LogP contribution in [0.25, 0.3) is 11.3 Å². The van der Waals surface area contributed by atoms with Crippen LogP contribution in [0.5, 0.6) is 11.5 Å². The molecule has 0 radical (unpaired) electrons. The third kappa shape index (κ3) is 6.08. The number of oxime groups is 1. The van der Waals surface area contributed by atoms with Gasteiger partial charge in [0.15, 0.2) is 5.84 Å². The van der Waals surface area contributed by atoms with E-state index in [0.717, 1.165) is 22.0 Å². The molecular weight excluding hydrogens is 410 g/mol. The van der Waals surface area contributed by atoms with Crippen LogP contribution in [0.1, 0.15) is 35.2 Å². The first kappa shape index (κ1) is 22.4. The molecule has 3 N–H and O–H groups in total. The molecule has 0 fully saturated rings. The van der Waals surface area contributed by atoms with E-state index in [0.29, 0.717) is 30.4 Å². The first-order chi connectivity index (χ1) is 15.0. The van der Waals surface area contributed by atoms with Gasteiger partial charge in [-0.15, -0.1) is 11.3 Å². The molecule has 3 rings (SSSR count). The maximum absolute atomic E-state index is 8.67. The third-order valence-electron chi connectivity index (χ3n) is 4.53. The second kappa shape index (κ2) is 10.6. The zero-order valence-electron chi connectivity index (χ0n) is 17.9. The molecule has 0 aliphatic carbocycles. The van der Waals surface area contributed by atoms with Crippen LogP contribution in [0.3, 0.4) is 0 Å². The lowest BCUT2D eigenvalue weighted by atomic mass is 10.1. The van der Waals surface area contributed by atoms with Crippen LogP contribution < -0.4 is 15.2 Å². The number of hydrogen-bond donors (Lipinski definition) is 2. The van der Waals surface area contributed by atoms with Gasteiger partial charge in [-0.3, -0.25) is 0 Å². The predicted octanol–water partition coefficient (Wildman–Crippen LogP) is 5.35. The average Bonchev–Trinajstić information content (AvgIpc) is 3.18. The Morgan fingerprint density at radius 3 is 2.10 bits per heavy atom. The van der Waals surface area contributed by atoms with Gasteiger partial charge >= 0.3 is 0 Å². The number of nitrogens with two attached hydrogens (primary N) is 1. The summed E-state index contributed by atoms with van der Waals surface area (Å²) in [4.78, 5) is 6.01. The maximum atomic E-state index is 8.67. The van der Waals surface area contributed by atoms with Gasteiger partial charge in [-0.2, -0.15) is 0 Å². The zero-order valence-corrected chi connectivity index (χ0v) is 18.7. The minimum atomic E-state index is 0.0682. The molecule has 0 aliphatic heterocycles. The van der Waals surface area contributed by atoms with Gasteiger partial charge in [0, 0.05) is 16.0 Å². The molecule has 7 heteroatoms. The molecule has 0 spiro atoms. The van der Waals surface area contributed by atoms with E-state index < -0.39 is 0 Å². The van der Waals surface area contributed by atoms with E-state index in [4.69, 9.17) is 25.4 Å². The van der Waals surface area contributed by atoms with E-state index in [2.05, 4.69) is 31.1 Å². The van der Waals surface area contributed by atoms with Gasteiger partial charge in [0.1, 0.15) is 24.7 Å². The average molecular weight is 438 g/mol. The van der Waals surface area contributed by atoms with Crippen molar-refractivity contribution in [2.24, 2.45) is 10.9 Å². The molecule has 0 amide bonds. The second-order valence-corrected chi connectivity index (χ2v) is 8.46. The van der Waals surface area contributed by atoms with Crippen molar-refractivity contribution in [1.29, 1.82) is 0 Å². The van der Waals surface area contributed by atoms with Gasteiger partial charge in [0.2, 0.25) is 0 Å². The molecule has 162 valence electrons. The lowest BCUT2D eigenvalue weighted by Gasteiger charge is -2.07. The number of amidine groups is 1. The van der Waals surface area contributed by atoms with E-state index in [9.17, 15) is 0 Å². The maximum Gasteiger partial charge on any atom is 0.170 e. The lowest BCUT2D eigenvalue weighted by molar-refractivity contribution is 0.318. The van der Waals surface area contributed by atoms with Crippen LogP contribution in [-0.4, -0.2) is 29.2 Å². The van der Waals surface area contributed by atoms with E-state index in [1.54, 1.807) is 35.6 Å². The zero-order chi connectivity index (χ0) is 22.2. The summed E-state index contributed by atoms with van der Waals surface area (Å²) in [5.41, 5.74) is 8.35. The first-order valence-electron chi connectivity index (χ1n) is 10.0. The van der Waals surface area contributed by atoms with Crippen molar-refractivity contribution in [2.45, 2.75) is 26.7 Å². The smallest absolute Gasteiger partial charge is 0.170 e. The molecule has 6 nitrogen and oxygen atoms in total. The van der Waals surface area contributed by atoms with Crippen molar-refractivity contribution >= 4 is 17.2 Å². The Bertz CT molecular complexity index is 1040. The fourth-order valence-electron chi connectivity index (χ4n) is 2.95. The van der Waals surface area contributed by atoms with E-state index in [1.165, 1.54) is 4.88 Å². The van der Waals surface area contributed by atoms with Crippen LogP contribution in [0, 0.1) is 6.92 Å². The van der Waals surface area contributed by atoms with Crippen LogP contribution in [0.4, 0.5) is 0 Å². The molecule has 0 bridgehead atoms. The van der Waals surface area contributed by atoms with Gasteiger partial charge in [-0.05, 0) is 73.5 Å². The number of hydrogen-bond acceptors (Lipinski definition) is 6. The number of aryl methyl sites for hydroxylation is 1. The second-order valence-electron chi connectivity index (χ2n) is 7.23. The van der Waals surface area contributed by atoms with Gasteiger partial charge in [-0.1, -0.05) is 19.0 Å². The monoisotopic (exact) mass is 437 g/mol. The summed E-state index contributed by atoms with van der Waals surface area (Å²) in [6.07, 6.45) is 3.82. The van der Waals surface area contributed by atoms with Crippen molar-refractivity contribution in [1.82, 2.24) is 4.98 Å². The number of thiazole rings is 1. The van der Waals surface area contributed by atoms with Gasteiger partial charge in [0.25, 0.3) is 0 Å². The van der Waals surface area contributed by atoms with Crippen molar-refractivity contribution in [3.05, 3.63) is 76.1 Å². The fourth-order valence-corrected chi connectivity index (χ4v) is 3.91. The SMILES string of the molecule is Cc1nc(-c2ccc(OCC=CCOc3ccc(/C(N)=N/O)cc3)cc2)c(C(C)C)s1. The number of nitrogens with zero attached hydrogens (tertiary/aromatic N) is 2. The van der Waals surface area contributed by atoms with Crippen molar-refractivity contribution < 1.29 is 14.7 Å². The third-order valence-corrected chi connectivity index (χ3v) is 5.80. The standard InChI is InChI=1S/C24H27N3O3S/c1-16(2)23-22(26-17(3)31-23)18-6-10-20(11-7-18)29-14-4-5-15-30-21-12-8-19(9-13-21)24(25)27-28/h4-13,16,28H,14-15H2,1-3H3,(H2,25,27). The summed E-state index contributed by atoms with van der Waals surface area (Å²) in [5, 5.41) is 12.7. The molecule has 2 aromatic carbocycles. The van der Waals surface area contributed by atoms with Crippen molar-refractivity contribution in [2.75, 3.05) is 13.2 Å². The predicted molar refractivity (Wildman–Crippen MR) is 125 cm³/mol. The minimum Gasteiger partial charge on any atom is -0.490 e. The van der Waals surface area contributed by atoms with Crippen LogP contribution in [0.2, 0.25) is 0 Å². The summed E-state index contributed by atoms with van der Waals surface area (Å²) in [6.45, 7) is 7.32. The first-order valence-corrected chi connectivity index (χ1v) is 10.9. The highest BCUT2D eigenvalue weighted by Crippen LogP contribution is 2.34. The van der Waals surface area contributed by atoms with E-state index >= 15 is 0 Å². The molecule has 0 saturated heterocycles. The highest BCUT2D eigenvalue weighted by molar-refractivity contribution is 7.12. The van der Waals surface area contributed by atoms with E-state index in [-0.39, 0.29) is 5.84 Å². The Kier molecular flexibility index (Phi) is 7.67. The van der Waals surface area contributed by atoms with Crippen molar-refractivity contribution in [3.8, 4) is 22.8 Å². The minimum absolute atomic E-state index is 0.0682. The van der Waals surface area contributed by atoms with Crippen LogP contribution >= 0.6 is 11.3 Å². The van der Waals surface area contributed by atoms with Crippen LogP contribution in [0.15, 0.2) is 65.8 Å². The molecule has 31 heavy (non-hydrogen) atoms. The van der Waals surface area contributed by atoms with Crippen molar-refractivity contribution in [3.63, 3.8) is 0 Å². The Labute approximate surface area is 186 Å². The summed E-state index contributed by atoms with van der Waals surface area (Å²) < 4.78 is 11.4. The fraction of sp³-hybridized carbons (Fsp3) is 0.250. The van der Waals surface area contributed by atoms with Crippen LogP contribution in [-0.2, 0) is 0 Å². The molecule has 0 unspecified atom stereocenters. The van der Waals surface area contributed by atoms with Gasteiger partial charge < -0.3 is 20.4 Å². The molecule has 1 heterocycles. The molecule has 1 aromatic heterocycles. The quantitative estimate of drug-likeness (QED) is 0.155. The summed E-state index contributed by atoms with van der Waals surface area (Å²) in [6, 6.07) is 15.1. The summed E-state index contributed by atoms with van der Waals surface area (Å²) >= 11 is 1.76. The molecule has 0 atom stereocenters. The van der Waals surface area contributed by atoms with Gasteiger partial charge in [-0.25, -0.2) is 4.98 Å².